The van der Waals surface area contributed by atoms with Crippen LogP contribution in [0.3, 0.4) is 0 Å². The summed E-state index contributed by atoms with van der Waals surface area (Å²) in [5, 5.41) is 9.29. The molecule has 1 saturated heterocycles. The van der Waals surface area contributed by atoms with Crippen molar-refractivity contribution in [2.24, 2.45) is 5.92 Å². The largest absolute Gasteiger partial charge is 0.353 e. The summed E-state index contributed by atoms with van der Waals surface area (Å²) in [6.07, 6.45) is 8.43. The lowest BCUT2D eigenvalue weighted by Crippen LogP contribution is -2.40. The van der Waals surface area contributed by atoms with Gasteiger partial charge in [-0.2, -0.15) is 4.98 Å². The van der Waals surface area contributed by atoms with E-state index in [0.29, 0.717) is 18.3 Å². The molecule has 0 spiro atoms. The van der Waals surface area contributed by atoms with Crippen LogP contribution in [0.1, 0.15) is 51.4 Å². The number of thiophene rings is 1. The van der Waals surface area contributed by atoms with Crippen molar-refractivity contribution in [3.05, 3.63) is 41.8 Å². The Bertz CT molecular complexity index is 1100. The second-order valence-corrected chi connectivity index (χ2v) is 9.85. The third kappa shape index (κ3) is 5.00. The van der Waals surface area contributed by atoms with Crippen LogP contribution in [-0.4, -0.2) is 34.5 Å². The number of carbonyl (C=O) groups excluding carboxylic acids is 2. The summed E-state index contributed by atoms with van der Waals surface area (Å²) in [5.41, 5.74) is 1.52. The minimum atomic E-state index is -0.317. The molecule has 3 heterocycles. The average molecular weight is 465 g/mol. The van der Waals surface area contributed by atoms with Crippen LogP contribution in [0.2, 0.25) is 0 Å². The zero-order chi connectivity index (χ0) is 22.6. The molecule has 1 saturated carbocycles. The van der Waals surface area contributed by atoms with Gasteiger partial charge in [0.1, 0.15) is 0 Å². The van der Waals surface area contributed by atoms with E-state index in [4.69, 9.17) is 4.52 Å². The highest BCUT2D eigenvalue weighted by molar-refractivity contribution is 7.13. The molecule has 1 aliphatic heterocycles. The highest BCUT2D eigenvalue weighted by Gasteiger charge is 2.36. The normalized spacial score (nSPS) is 19.9. The summed E-state index contributed by atoms with van der Waals surface area (Å²) in [6.45, 7) is 0.396. The molecule has 5 rings (SSSR count). The number of nitrogens with zero attached hydrogens (tertiary/aromatic N) is 3. The fourth-order valence-corrected chi connectivity index (χ4v) is 5.35. The Morgan fingerprint density at radius 3 is 2.70 bits per heavy atom. The van der Waals surface area contributed by atoms with Crippen LogP contribution in [0.5, 0.6) is 0 Å². The summed E-state index contributed by atoms with van der Waals surface area (Å²) in [4.78, 5) is 32.8. The molecule has 1 N–H and O–H groups in total. The highest BCUT2D eigenvalue weighted by atomic mass is 32.1. The van der Waals surface area contributed by atoms with Crippen LogP contribution in [0.4, 0.5) is 5.69 Å². The molecule has 1 atom stereocenters. The van der Waals surface area contributed by atoms with E-state index in [1.54, 1.807) is 4.90 Å². The summed E-state index contributed by atoms with van der Waals surface area (Å²) in [6, 6.07) is 11.6. The number of carbonyl (C=O) groups is 2. The number of anilines is 1. The van der Waals surface area contributed by atoms with Gasteiger partial charge in [-0.1, -0.05) is 55.5 Å². The molecular formula is C25H28N4O3S. The van der Waals surface area contributed by atoms with E-state index in [-0.39, 0.29) is 30.2 Å². The topological polar surface area (TPSA) is 88.3 Å². The lowest BCUT2D eigenvalue weighted by atomic mass is 9.96. The van der Waals surface area contributed by atoms with Gasteiger partial charge in [0, 0.05) is 30.3 Å². The summed E-state index contributed by atoms with van der Waals surface area (Å²) < 4.78 is 5.40. The zero-order valence-electron chi connectivity index (χ0n) is 18.5. The maximum Gasteiger partial charge on any atom is 0.268 e. The quantitative estimate of drug-likeness (QED) is 0.571. The monoisotopic (exact) mass is 464 g/mol. The molecular weight excluding hydrogens is 436 g/mol. The number of rotatable bonds is 5. The molecule has 3 aromatic rings. The molecule has 7 nitrogen and oxygen atoms in total. The third-order valence-electron chi connectivity index (χ3n) is 6.52. The molecule has 8 heteroatoms. The molecule has 2 aliphatic rings. The van der Waals surface area contributed by atoms with Crippen LogP contribution in [-0.2, 0) is 9.59 Å². The molecule has 172 valence electrons. The number of hydrogen-bond donors (Lipinski definition) is 1. The Hall–Kier alpha value is -3.00. The number of benzene rings is 1. The van der Waals surface area contributed by atoms with E-state index in [0.717, 1.165) is 41.8 Å². The molecule has 1 aromatic carbocycles. The maximum atomic E-state index is 12.9. The predicted octanol–water partition coefficient (Wildman–Crippen LogP) is 5.05. The van der Waals surface area contributed by atoms with Gasteiger partial charge in [-0.3, -0.25) is 9.59 Å². The third-order valence-corrected chi connectivity index (χ3v) is 7.38. The van der Waals surface area contributed by atoms with Crippen molar-refractivity contribution in [3.8, 4) is 22.2 Å². The lowest BCUT2D eigenvalue weighted by molar-refractivity contribution is -0.127. The van der Waals surface area contributed by atoms with Gasteiger partial charge >= 0.3 is 0 Å². The first-order valence-electron chi connectivity index (χ1n) is 11.8. The molecule has 2 fully saturated rings. The standard InChI is InChI=1S/C25H28N4O3S/c30-22-15-18(24(31)26-19-9-4-2-1-3-5-10-19)16-29(22)20-11-6-8-17(14-20)23-27-25(32-28-23)21-12-7-13-33-21/h6-8,11-14,18-19H,1-5,9-10,15-16H2,(H,26,31)/t18-/m1/s1. The van der Waals surface area contributed by atoms with Crippen molar-refractivity contribution in [2.75, 3.05) is 11.4 Å². The molecule has 0 unspecified atom stereocenters. The molecule has 33 heavy (non-hydrogen) atoms. The molecule has 0 radical (unpaired) electrons. The Morgan fingerprint density at radius 2 is 1.91 bits per heavy atom. The Morgan fingerprint density at radius 1 is 1.09 bits per heavy atom. The first-order chi connectivity index (χ1) is 16.2. The number of hydrogen-bond acceptors (Lipinski definition) is 6. The van der Waals surface area contributed by atoms with Gasteiger partial charge in [-0.15, -0.1) is 11.3 Å². The van der Waals surface area contributed by atoms with Gasteiger partial charge in [-0.05, 0) is 36.4 Å². The summed E-state index contributed by atoms with van der Waals surface area (Å²) in [5.74, 6) is 0.616. The Labute approximate surface area is 197 Å². The van der Waals surface area contributed by atoms with E-state index in [1.807, 2.05) is 41.8 Å². The summed E-state index contributed by atoms with van der Waals surface area (Å²) >= 11 is 1.54. The highest BCUT2D eigenvalue weighted by Crippen LogP contribution is 2.30. The fraction of sp³-hybridized carbons (Fsp3) is 0.440. The van der Waals surface area contributed by atoms with Gasteiger partial charge in [0.05, 0.1) is 10.8 Å². The van der Waals surface area contributed by atoms with E-state index < -0.39 is 0 Å². The van der Waals surface area contributed by atoms with E-state index in [1.165, 1.54) is 30.6 Å². The molecule has 0 bridgehead atoms. The van der Waals surface area contributed by atoms with E-state index >= 15 is 0 Å². The smallest absolute Gasteiger partial charge is 0.268 e. The Balaban J connectivity index is 1.26. The fourth-order valence-electron chi connectivity index (χ4n) is 4.71. The van der Waals surface area contributed by atoms with Crippen LogP contribution >= 0.6 is 11.3 Å². The minimum absolute atomic E-state index is 0.00587. The van der Waals surface area contributed by atoms with Gasteiger partial charge in [0.15, 0.2) is 0 Å². The van der Waals surface area contributed by atoms with Crippen LogP contribution in [0, 0.1) is 5.92 Å². The van der Waals surface area contributed by atoms with Gasteiger partial charge in [-0.25, -0.2) is 0 Å². The van der Waals surface area contributed by atoms with Crippen LogP contribution in [0.15, 0.2) is 46.3 Å². The second kappa shape index (κ2) is 9.87. The predicted molar refractivity (Wildman–Crippen MR) is 128 cm³/mol. The van der Waals surface area contributed by atoms with E-state index in [9.17, 15) is 9.59 Å². The van der Waals surface area contributed by atoms with Crippen molar-refractivity contribution in [3.63, 3.8) is 0 Å². The molecule has 2 aromatic heterocycles. The van der Waals surface area contributed by atoms with Crippen molar-refractivity contribution in [2.45, 2.75) is 57.4 Å². The Kier molecular flexibility index (Phi) is 6.53. The van der Waals surface area contributed by atoms with Crippen molar-refractivity contribution in [1.82, 2.24) is 15.5 Å². The van der Waals surface area contributed by atoms with Crippen molar-refractivity contribution in [1.29, 1.82) is 0 Å². The molecule has 2 amide bonds. The SMILES string of the molecule is O=C(NC1CCCCCCC1)[C@@H]1CC(=O)N(c2cccc(-c3noc(-c4cccs4)n3)c2)C1. The zero-order valence-corrected chi connectivity index (χ0v) is 19.4. The first-order valence-corrected chi connectivity index (χ1v) is 12.6. The lowest BCUT2D eigenvalue weighted by Gasteiger charge is -2.23. The summed E-state index contributed by atoms with van der Waals surface area (Å²) in [7, 11) is 0. The van der Waals surface area contributed by atoms with E-state index in [2.05, 4.69) is 15.5 Å². The average Bonchev–Trinajstić information content (AvgIpc) is 3.56. The number of aromatic nitrogens is 2. The molecule has 1 aliphatic carbocycles. The minimum Gasteiger partial charge on any atom is -0.353 e. The van der Waals surface area contributed by atoms with Gasteiger partial charge in [0.2, 0.25) is 17.6 Å². The maximum absolute atomic E-state index is 12.9. The van der Waals surface area contributed by atoms with Gasteiger partial charge in [0.25, 0.3) is 5.89 Å². The van der Waals surface area contributed by atoms with Crippen LogP contribution in [0.25, 0.3) is 22.2 Å². The van der Waals surface area contributed by atoms with Gasteiger partial charge < -0.3 is 14.7 Å². The van der Waals surface area contributed by atoms with Crippen molar-refractivity contribution < 1.29 is 14.1 Å². The number of nitrogens with one attached hydrogen (secondary N) is 1. The van der Waals surface area contributed by atoms with Crippen molar-refractivity contribution >= 4 is 28.8 Å². The second-order valence-electron chi connectivity index (χ2n) is 8.91. The number of amides is 2. The van der Waals surface area contributed by atoms with Crippen LogP contribution < -0.4 is 10.2 Å². The first kappa shape index (κ1) is 21.8.